The summed E-state index contributed by atoms with van der Waals surface area (Å²) in [6, 6.07) is 16.0. The predicted octanol–water partition coefficient (Wildman–Crippen LogP) is 5.29. The molecule has 5 aliphatic rings. The Morgan fingerprint density at radius 2 is 1.61 bits per heavy atom. The Kier molecular flexibility index (Phi) is 11.0. The van der Waals surface area contributed by atoms with Gasteiger partial charge in [-0.05, 0) is 99.0 Å². The van der Waals surface area contributed by atoms with Crippen molar-refractivity contribution < 1.29 is 19.2 Å². The topological polar surface area (TPSA) is 105 Å². The van der Waals surface area contributed by atoms with Gasteiger partial charge in [0.25, 0.3) is 5.91 Å². The lowest BCUT2D eigenvalue weighted by Crippen LogP contribution is -2.58. The molecular formula is C45H54N8O4. The number of ketones is 2. The minimum atomic E-state index is -0.486. The van der Waals surface area contributed by atoms with Crippen LogP contribution in [0, 0.1) is 19.4 Å². The standard InChI is InChI=1S/C45H54N8O4/c1-30-21-37(7-10-40(30)46-4)51-26-32(3)52(27-31(51)2)44(56)22-34-5-12-43(47-25-34)50-15-13-33(14-16-50)28-48-17-19-49(20-18-48)36-6-9-39-35(23-36)29-53(45(39)57)41-11-8-38(54)24-42(41)55/h5-7,9-10,12,21,23,25,31-33,41H,8,11,13-20,22,24,26-29H2,1-3H3/t31-,32+,41-/m0/s1. The lowest BCUT2D eigenvalue weighted by atomic mass is 9.92. The van der Waals surface area contributed by atoms with E-state index in [0.29, 0.717) is 49.5 Å². The maximum absolute atomic E-state index is 13.5. The third-order valence-corrected chi connectivity index (χ3v) is 13.0. The number of fused-ring (bicyclic) bond motifs is 1. The fourth-order valence-electron chi connectivity index (χ4n) is 9.63. The number of carbonyl (C=O) groups excluding carboxylic acids is 4. The van der Waals surface area contributed by atoms with Gasteiger partial charge in [-0.15, -0.1) is 0 Å². The summed E-state index contributed by atoms with van der Waals surface area (Å²) in [7, 11) is 0. The van der Waals surface area contributed by atoms with Crippen molar-refractivity contribution in [2.75, 3.05) is 73.6 Å². The van der Waals surface area contributed by atoms with E-state index in [4.69, 9.17) is 11.6 Å². The molecule has 0 N–H and O–H groups in total. The largest absolute Gasteiger partial charge is 0.369 e. The van der Waals surface area contributed by atoms with E-state index in [2.05, 4.69) is 62.6 Å². The Hall–Kier alpha value is -5.28. The van der Waals surface area contributed by atoms with E-state index in [-0.39, 0.29) is 41.9 Å². The molecule has 0 radical (unpaired) electrons. The second-order valence-corrected chi connectivity index (χ2v) is 16.9. The number of carbonyl (C=O) groups is 4. The summed E-state index contributed by atoms with van der Waals surface area (Å²) in [5, 5.41) is 0. The Morgan fingerprint density at radius 3 is 2.32 bits per heavy atom. The van der Waals surface area contributed by atoms with E-state index in [0.717, 1.165) is 99.1 Å². The van der Waals surface area contributed by atoms with Crippen LogP contribution in [0.3, 0.4) is 0 Å². The highest BCUT2D eigenvalue weighted by Crippen LogP contribution is 2.33. The number of anilines is 3. The van der Waals surface area contributed by atoms with Crippen molar-refractivity contribution >= 4 is 46.3 Å². The van der Waals surface area contributed by atoms with Crippen LogP contribution in [0.15, 0.2) is 54.7 Å². The number of rotatable bonds is 8. The predicted molar refractivity (Wildman–Crippen MR) is 221 cm³/mol. The summed E-state index contributed by atoms with van der Waals surface area (Å²) in [4.78, 5) is 72.8. The van der Waals surface area contributed by atoms with Crippen LogP contribution in [-0.4, -0.2) is 120 Å². The number of aromatic nitrogens is 1. The molecule has 12 nitrogen and oxygen atoms in total. The number of nitrogens with zero attached hydrogens (tertiary/aromatic N) is 8. The average molecular weight is 771 g/mol. The van der Waals surface area contributed by atoms with Crippen molar-refractivity contribution in [1.82, 2.24) is 19.7 Å². The normalized spacial score (nSPS) is 23.6. The molecule has 3 saturated heterocycles. The van der Waals surface area contributed by atoms with Gasteiger partial charge in [0, 0.05) is 107 Å². The van der Waals surface area contributed by atoms with Gasteiger partial charge in [-0.3, -0.25) is 24.1 Å². The molecule has 0 bridgehead atoms. The van der Waals surface area contributed by atoms with E-state index in [9.17, 15) is 19.2 Å². The first-order chi connectivity index (χ1) is 27.5. The van der Waals surface area contributed by atoms with Gasteiger partial charge in [-0.25, -0.2) is 9.83 Å². The molecule has 12 heteroatoms. The quantitative estimate of drug-likeness (QED) is 0.223. The fourth-order valence-corrected chi connectivity index (χ4v) is 9.63. The zero-order chi connectivity index (χ0) is 39.8. The smallest absolute Gasteiger partial charge is 0.255 e. The molecule has 57 heavy (non-hydrogen) atoms. The van der Waals surface area contributed by atoms with Crippen LogP contribution in [0.2, 0.25) is 0 Å². The Labute approximate surface area is 336 Å². The SMILES string of the molecule is [C-]#[N+]c1ccc(N2C[C@@H](C)N(C(=O)Cc3ccc(N4CCC(CN5CCN(c6ccc7c(c6)CN([C@H]6CCC(=O)CC6=O)C7=O)CC5)CC4)nc3)C[C@@H]2C)cc1C. The molecule has 3 atom stereocenters. The molecule has 1 saturated carbocycles. The lowest BCUT2D eigenvalue weighted by Gasteiger charge is -2.45. The molecule has 8 rings (SSSR count). The maximum Gasteiger partial charge on any atom is 0.255 e. The highest BCUT2D eigenvalue weighted by Gasteiger charge is 2.39. The summed E-state index contributed by atoms with van der Waals surface area (Å²) < 4.78 is 0. The summed E-state index contributed by atoms with van der Waals surface area (Å²) in [5.74, 6) is 1.51. The Bertz CT molecular complexity index is 2060. The molecule has 3 aromatic rings. The van der Waals surface area contributed by atoms with Gasteiger partial charge in [-0.2, -0.15) is 0 Å². The third kappa shape index (κ3) is 8.13. The molecule has 5 heterocycles. The Morgan fingerprint density at radius 1 is 0.842 bits per heavy atom. The first-order valence-corrected chi connectivity index (χ1v) is 20.7. The number of hydrogen-bond donors (Lipinski definition) is 0. The average Bonchev–Trinajstić information content (AvgIpc) is 3.54. The van der Waals surface area contributed by atoms with Crippen LogP contribution in [-0.2, 0) is 27.3 Å². The van der Waals surface area contributed by atoms with Crippen LogP contribution in [0.4, 0.5) is 22.9 Å². The van der Waals surface area contributed by atoms with Crippen molar-refractivity contribution in [1.29, 1.82) is 0 Å². The first kappa shape index (κ1) is 38.6. The molecule has 4 fully saturated rings. The molecule has 0 unspecified atom stereocenters. The number of pyridine rings is 1. The van der Waals surface area contributed by atoms with Gasteiger partial charge < -0.3 is 24.5 Å². The van der Waals surface area contributed by atoms with E-state index >= 15 is 0 Å². The summed E-state index contributed by atoms with van der Waals surface area (Å²) in [6.45, 7) is 22.4. The van der Waals surface area contributed by atoms with Gasteiger partial charge in [0.15, 0.2) is 11.5 Å². The number of piperazine rings is 2. The van der Waals surface area contributed by atoms with Crippen molar-refractivity contribution in [2.45, 2.75) is 84.0 Å². The minimum absolute atomic E-state index is 0.0257. The second-order valence-electron chi connectivity index (χ2n) is 16.9. The summed E-state index contributed by atoms with van der Waals surface area (Å²) in [6.07, 6.45) is 5.21. The minimum Gasteiger partial charge on any atom is -0.369 e. The van der Waals surface area contributed by atoms with Crippen LogP contribution in [0.25, 0.3) is 4.85 Å². The maximum atomic E-state index is 13.5. The number of hydrogen-bond acceptors (Lipinski definition) is 9. The molecule has 4 aliphatic heterocycles. The van der Waals surface area contributed by atoms with Crippen molar-refractivity contribution in [3.8, 4) is 0 Å². The van der Waals surface area contributed by atoms with Crippen molar-refractivity contribution in [3.63, 3.8) is 0 Å². The summed E-state index contributed by atoms with van der Waals surface area (Å²) >= 11 is 0. The summed E-state index contributed by atoms with van der Waals surface area (Å²) in [5.41, 5.74) is 6.48. The van der Waals surface area contributed by atoms with Gasteiger partial charge in [0.05, 0.1) is 25.5 Å². The van der Waals surface area contributed by atoms with E-state index in [1.165, 1.54) is 0 Å². The molecule has 0 spiro atoms. The number of piperidine rings is 1. The molecule has 298 valence electrons. The highest BCUT2D eigenvalue weighted by molar-refractivity contribution is 6.07. The molecule has 2 amide bonds. The van der Waals surface area contributed by atoms with Gasteiger partial charge in [-0.1, -0.05) is 12.1 Å². The van der Waals surface area contributed by atoms with Crippen LogP contribution in [0.5, 0.6) is 0 Å². The first-order valence-electron chi connectivity index (χ1n) is 20.7. The second kappa shape index (κ2) is 16.3. The number of amides is 2. The highest BCUT2D eigenvalue weighted by atomic mass is 16.2. The lowest BCUT2D eigenvalue weighted by molar-refractivity contribution is -0.134. The van der Waals surface area contributed by atoms with Gasteiger partial charge in [0.1, 0.15) is 11.6 Å². The van der Waals surface area contributed by atoms with Gasteiger partial charge in [0.2, 0.25) is 5.91 Å². The van der Waals surface area contributed by atoms with Crippen LogP contribution < -0.4 is 14.7 Å². The van der Waals surface area contributed by atoms with E-state index < -0.39 is 6.04 Å². The number of benzene rings is 2. The molecule has 1 aromatic heterocycles. The zero-order valence-corrected chi connectivity index (χ0v) is 33.5. The van der Waals surface area contributed by atoms with E-state index in [1.54, 1.807) is 4.90 Å². The van der Waals surface area contributed by atoms with E-state index in [1.807, 2.05) is 42.3 Å². The monoisotopic (exact) mass is 770 g/mol. The molecular weight excluding hydrogens is 717 g/mol. The number of aryl methyl sites for hydroxylation is 1. The number of Topliss-reactive ketones (excluding diaryl/α,β-unsaturated/α-hetero) is 2. The van der Waals surface area contributed by atoms with Crippen LogP contribution in [0.1, 0.15) is 73.0 Å². The van der Waals surface area contributed by atoms with Crippen LogP contribution >= 0.6 is 0 Å². The van der Waals surface area contributed by atoms with Crippen molar-refractivity contribution in [2.24, 2.45) is 5.92 Å². The van der Waals surface area contributed by atoms with Crippen molar-refractivity contribution in [3.05, 3.63) is 88.4 Å². The zero-order valence-electron chi connectivity index (χ0n) is 33.5. The third-order valence-electron chi connectivity index (χ3n) is 13.0. The Balaban J connectivity index is 0.769. The van der Waals surface area contributed by atoms with Gasteiger partial charge >= 0.3 is 0 Å². The fraction of sp³-hybridized carbons (Fsp3) is 0.511. The molecule has 1 aliphatic carbocycles. The molecule has 2 aromatic carbocycles.